The first-order valence-electron chi connectivity index (χ1n) is 7.50. The molecule has 2 rings (SSSR count). The molecule has 0 radical (unpaired) electrons. The summed E-state index contributed by atoms with van der Waals surface area (Å²) in [4.78, 5) is 15.7. The Balaban J connectivity index is 2.60. The van der Waals surface area contributed by atoms with Gasteiger partial charge in [-0.2, -0.15) is 4.99 Å². The number of nitrogens with two attached hydrogens (primary N) is 2. The van der Waals surface area contributed by atoms with E-state index in [1.807, 2.05) is 0 Å². The first-order chi connectivity index (χ1) is 11.1. The molecular weight excluding hydrogens is 350 g/mol. The van der Waals surface area contributed by atoms with Crippen molar-refractivity contribution in [3.05, 3.63) is 23.3 Å². The van der Waals surface area contributed by atoms with E-state index in [0.29, 0.717) is 5.56 Å². The highest BCUT2D eigenvalue weighted by atomic mass is 32.2. The fourth-order valence-corrected chi connectivity index (χ4v) is 5.93. The number of benzene rings is 1. The van der Waals surface area contributed by atoms with E-state index >= 15 is 0 Å². The number of hydrogen-bond acceptors (Lipinski definition) is 4. The molecule has 0 spiro atoms. The maximum absolute atomic E-state index is 12.8. The van der Waals surface area contributed by atoms with Crippen LogP contribution in [-0.4, -0.2) is 36.0 Å². The summed E-state index contributed by atoms with van der Waals surface area (Å²) in [5.74, 6) is -1.13. The number of hydrogen-bond donors (Lipinski definition) is 2. The summed E-state index contributed by atoms with van der Waals surface area (Å²) in [5.41, 5.74) is 11.0. The molecule has 4 N–H and O–H groups in total. The molecule has 0 aromatic heterocycles. The van der Waals surface area contributed by atoms with Crippen LogP contribution in [0.1, 0.15) is 41.6 Å². The molecule has 1 atom stereocenters. The summed E-state index contributed by atoms with van der Waals surface area (Å²) in [6, 6.07) is 2.72. The van der Waals surface area contributed by atoms with Gasteiger partial charge in [0, 0.05) is 17.1 Å². The van der Waals surface area contributed by atoms with Crippen LogP contribution in [0, 0.1) is 6.92 Å². The molecule has 1 aliphatic rings. The summed E-state index contributed by atoms with van der Waals surface area (Å²) >= 11 is 0. The van der Waals surface area contributed by atoms with Gasteiger partial charge in [-0.15, -0.1) is 0 Å². The quantitative estimate of drug-likeness (QED) is 0.596. The molecule has 1 fully saturated rings. The minimum Gasteiger partial charge on any atom is -0.370 e. The molecule has 1 aromatic carbocycles. The molecule has 0 heterocycles. The van der Waals surface area contributed by atoms with Gasteiger partial charge < -0.3 is 11.5 Å². The second-order valence-corrected chi connectivity index (χ2v) is 9.62. The van der Waals surface area contributed by atoms with Crippen molar-refractivity contribution in [2.45, 2.75) is 47.6 Å². The van der Waals surface area contributed by atoms with Gasteiger partial charge in [-0.25, -0.2) is 8.42 Å². The van der Waals surface area contributed by atoms with Crippen LogP contribution >= 0.6 is 0 Å². The smallest absolute Gasteiger partial charge is 0.280 e. The molecule has 1 aromatic rings. The van der Waals surface area contributed by atoms with Gasteiger partial charge >= 0.3 is 0 Å². The van der Waals surface area contributed by atoms with Gasteiger partial charge in [-0.1, -0.05) is 12.8 Å². The Morgan fingerprint density at radius 1 is 1.25 bits per heavy atom. The van der Waals surface area contributed by atoms with E-state index in [-0.39, 0.29) is 20.6 Å². The molecular formula is C15H21N3O4S2. The monoisotopic (exact) mass is 371 g/mol. The van der Waals surface area contributed by atoms with Crippen LogP contribution < -0.4 is 11.5 Å². The maximum atomic E-state index is 12.8. The van der Waals surface area contributed by atoms with E-state index in [1.165, 1.54) is 12.1 Å². The van der Waals surface area contributed by atoms with Crippen molar-refractivity contribution >= 4 is 32.5 Å². The maximum Gasteiger partial charge on any atom is 0.280 e. The van der Waals surface area contributed by atoms with Crippen molar-refractivity contribution in [2.75, 3.05) is 6.26 Å². The summed E-state index contributed by atoms with van der Waals surface area (Å²) in [6.07, 6.45) is 4.63. The molecule has 0 aliphatic heterocycles. The lowest BCUT2D eigenvalue weighted by Crippen LogP contribution is -2.24. The van der Waals surface area contributed by atoms with E-state index < -0.39 is 32.5 Å². The lowest BCUT2D eigenvalue weighted by molar-refractivity contribution is 0.100. The predicted octanol–water partition coefficient (Wildman–Crippen LogP) is 0.862. The summed E-state index contributed by atoms with van der Waals surface area (Å²) in [6.45, 7) is 1.64. The molecule has 1 aliphatic carbocycles. The van der Waals surface area contributed by atoms with Crippen LogP contribution in [0.15, 0.2) is 26.9 Å². The van der Waals surface area contributed by atoms with Gasteiger partial charge in [0.15, 0.2) is 15.8 Å². The van der Waals surface area contributed by atoms with Crippen molar-refractivity contribution in [3.63, 3.8) is 0 Å². The Morgan fingerprint density at radius 3 is 2.33 bits per heavy atom. The topological polar surface area (TPSA) is 133 Å². The fourth-order valence-electron chi connectivity index (χ4n) is 2.80. The zero-order chi connectivity index (χ0) is 18.1. The van der Waals surface area contributed by atoms with Crippen molar-refractivity contribution in [1.82, 2.24) is 0 Å². The van der Waals surface area contributed by atoms with Crippen LogP contribution in [0.5, 0.6) is 0 Å². The lowest BCUT2D eigenvalue weighted by atomic mass is 10.1. The number of amides is 1. The molecule has 0 saturated heterocycles. The van der Waals surface area contributed by atoms with Crippen LogP contribution in [0.2, 0.25) is 0 Å². The van der Waals surface area contributed by atoms with E-state index in [4.69, 9.17) is 11.5 Å². The number of aryl methyl sites for hydroxylation is 1. The summed E-state index contributed by atoms with van der Waals surface area (Å²) in [7, 11) is -5.10. The second kappa shape index (κ2) is 7.02. The molecule has 1 unspecified atom stereocenters. The Labute approximate surface area is 143 Å². The fraction of sp³-hybridized carbons (Fsp3) is 0.467. The standard InChI is InChI=1S/C15H21N3O4S2/c1-9-7-12(23(20)10-5-3-4-6-10)13(24(2,21)22)8-11(9)14(19)18-15(16)17/h7-8,10H,3-6H2,1-2H3,(H4,16,17,18,19). The van der Waals surface area contributed by atoms with Gasteiger partial charge in [0.05, 0.1) is 20.6 Å². The molecule has 1 amide bonds. The number of carbonyl (C=O) groups excluding carboxylic acids is 1. The first kappa shape index (κ1) is 18.6. The molecule has 1 saturated carbocycles. The van der Waals surface area contributed by atoms with Gasteiger partial charge in [0.2, 0.25) is 0 Å². The molecule has 9 heteroatoms. The van der Waals surface area contributed by atoms with Crippen molar-refractivity contribution < 1.29 is 17.4 Å². The highest BCUT2D eigenvalue weighted by molar-refractivity contribution is 7.92. The minimum atomic E-state index is -3.67. The molecule has 24 heavy (non-hydrogen) atoms. The Hall–Kier alpha value is -1.74. The SMILES string of the molecule is Cc1cc(S(=O)C2CCCC2)c(S(C)(=O)=O)cc1C(=O)N=C(N)N. The number of aliphatic imine (C=N–C) groups is 1. The normalized spacial score (nSPS) is 16.8. The minimum absolute atomic E-state index is 0.0517. The highest BCUT2D eigenvalue weighted by Gasteiger charge is 2.28. The summed E-state index contributed by atoms with van der Waals surface area (Å²) in [5, 5.41) is -0.0517. The molecule has 0 bridgehead atoms. The third-order valence-electron chi connectivity index (χ3n) is 3.97. The zero-order valence-corrected chi connectivity index (χ0v) is 15.2. The van der Waals surface area contributed by atoms with Gasteiger partial charge in [0.1, 0.15) is 0 Å². The van der Waals surface area contributed by atoms with Crippen LogP contribution in [0.25, 0.3) is 0 Å². The van der Waals surface area contributed by atoms with Gasteiger partial charge in [-0.05, 0) is 37.5 Å². The third-order valence-corrected chi connectivity index (χ3v) is 7.09. The average Bonchev–Trinajstić information content (AvgIpc) is 2.98. The lowest BCUT2D eigenvalue weighted by Gasteiger charge is -2.15. The van der Waals surface area contributed by atoms with Crippen LogP contribution in [0.3, 0.4) is 0 Å². The van der Waals surface area contributed by atoms with E-state index in [1.54, 1.807) is 6.92 Å². The highest BCUT2D eigenvalue weighted by Crippen LogP contribution is 2.31. The number of sulfone groups is 1. The van der Waals surface area contributed by atoms with Crippen LogP contribution in [-0.2, 0) is 20.6 Å². The van der Waals surface area contributed by atoms with Gasteiger partial charge in [0.25, 0.3) is 5.91 Å². The summed E-state index contributed by atoms with van der Waals surface area (Å²) < 4.78 is 37.1. The van der Waals surface area contributed by atoms with E-state index in [9.17, 15) is 17.4 Å². The largest absolute Gasteiger partial charge is 0.370 e. The Bertz CT molecular complexity index is 821. The number of rotatable bonds is 4. The molecule has 132 valence electrons. The van der Waals surface area contributed by atoms with Gasteiger partial charge in [-0.3, -0.25) is 9.00 Å². The molecule has 7 nitrogen and oxygen atoms in total. The van der Waals surface area contributed by atoms with Crippen molar-refractivity contribution in [1.29, 1.82) is 0 Å². The Morgan fingerprint density at radius 2 is 1.83 bits per heavy atom. The number of guanidine groups is 1. The second-order valence-electron chi connectivity index (χ2n) is 5.93. The van der Waals surface area contributed by atoms with Crippen molar-refractivity contribution in [3.8, 4) is 0 Å². The van der Waals surface area contributed by atoms with Crippen LogP contribution in [0.4, 0.5) is 0 Å². The van der Waals surface area contributed by atoms with Crippen molar-refractivity contribution in [2.24, 2.45) is 16.5 Å². The number of nitrogens with zero attached hydrogens (tertiary/aromatic N) is 1. The zero-order valence-electron chi connectivity index (χ0n) is 13.6. The average molecular weight is 371 g/mol. The first-order valence-corrected chi connectivity index (χ1v) is 10.6. The third kappa shape index (κ3) is 4.02. The number of carbonyl (C=O) groups is 1. The van der Waals surface area contributed by atoms with E-state index in [0.717, 1.165) is 31.9 Å². The Kier molecular flexibility index (Phi) is 5.44. The van der Waals surface area contributed by atoms with E-state index in [2.05, 4.69) is 4.99 Å². The predicted molar refractivity (Wildman–Crippen MR) is 93.1 cm³/mol.